The number of carbonyl (C=O) groups excluding carboxylic acids is 1. The van der Waals surface area contributed by atoms with Crippen LogP contribution in [0.4, 0.5) is 10.1 Å². The zero-order valence-corrected chi connectivity index (χ0v) is 18.4. The molecule has 0 saturated heterocycles. The molecule has 1 amide bonds. The van der Waals surface area contributed by atoms with Gasteiger partial charge in [0, 0.05) is 17.3 Å². The summed E-state index contributed by atoms with van der Waals surface area (Å²) in [5, 5.41) is 3.66. The third kappa shape index (κ3) is 5.34. The maximum atomic E-state index is 13.5. The van der Waals surface area contributed by atoms with Crippen LogP contribution in [0, 0.1) is 5.82 Å². The quantitative estimate of drug-likeness (QED) is 0.673. The number of carbonyl (C=O) groups is 1. The SMILES string of the molecule is COc1cccc(NC(=O)CSC2=NC3(CCCCCC3)N=C2c2ccc(F)cc2)c1. The maximum absolute atomic E-state index is 13.5. The van der Waals surface area contributed by atoms with Crippen LogP contribution in [0.15, 0.2) is 58.5 Å². The van der Waals surface area contributed by atoms with E-state index < -0.39 is 5.66 Å². The summed E-state index contributed by atoms with van der Waals surface area (Å²) in [6, 6.07) is 13.6. The second-order valence-electron chi connectivity index (χ2n) is 7.85. The number of methoxy groups -OCH3 is 1. The van der Waals surface area contributed by atoms with E-state index in [1.54, 1.807) is 25.3 Å². The Morgan fingerprint density at radius 1 is 1.10 bits per heavy atom. The van der Waals surface area contributed by atoms with Crippen LogP contribution in [0.1, 0.15) is 44.1 Å². The molecular formula is C24H26FN3O2S. The summed E-state index contributed by atoms with van der Waals surface area (Å²) in [5.41, 5.74) is 1.85. The van der Waals surface area contributed by atoms with Gasteiger partial charge in [0.15, 0.2) is 5.66 Å². The lowest BCUT2D eigenvalue weighted by Gasteiger charge is -2.20. The predicted molar refractivity (Wildman–Crippen MR) is 125 cm³/mol. The molecule has 1 heterocycles. The van der Waals surface area contributed by atoms with Crippen molar-refractivity contribution < 1.29 is 13.9 Å². The topological polar surface area (TPSA) is 63.0 Å². The molecule has 1 saturated carbocycles. The monoisotopic (exact) mass is 439 g/mol. The molecule has 31 heavy (non-hydrogen) atoms. The largest absolute Gasteiger partial charge is 0.497 e. The number of hydrogen-bond donors (Lipinski definition) is 1. The minimum absolute atomic E-state index is 0.124. The lowest BCUT2D eigenvalue weighted by Crippen LogP contribution is -2.20. The Hall–Kier alpha value is -2.67. The smallest absolute Gasteiger partial charge is 0.234 e. The number of benzene rings is 2. The Morgan fingerprint density at radius 2 is 1.84 bits per heavy atom. The standard InChI is InChI=1S/C24H26FN3O2S/c1-30-20-8-6-7-19(15-20)26-21(29)16-31-23-22(17-9-11-18(25)12-10-17)27-24(28-23)13-4-2-3-5-14-24/h6-12,15H,2-5,13-14,16H2,1H3,(H,26,29). The number of anilines is 1. The van der Waals surface area contributed by atoms with Gasteiger partial charge in [-0.1, -0.05) is 30.7 Å². The third-order valence-corrected chi connectivity index (χ3v) is 6.51. The van der Waals surface area contributed by atoms with Gasteiger partial charge < -0.3 is 10.1 Å². The van der Waals surface area contributed by atoms with Gasteiger partial charge in [-0.2, -0.15) is 0 Å². The van der Waals surface area contributed by atoms with Crippen molar-refractivity contribution in [1.29, 1.82) is 0 Å². The second kappa shape index (κ2) is 9.64. The van der Waals surface area contributed by atoms with Gasteiger partial charge in [0.05, 0.1) is 18.6 Å². The second-order valence-corrected chi connectivity index (χ2v) is 8.81. The van der Waals surface area contributed by atoms with Crippen molar-refractivity contribution >= 4 is 34.1 Å². The molecule has 0 atom stereocenters. The van der Waals surface area contributed by atoms with Gasteiger partial charge in [-0.3, -0.25) is 9.79 Å². The Bertz CT molecular complexity index is 996. The number of thioether (sulfide) groups is 1. The molecule has 2 aromatic rings. The van der Waals surface area contributed by atoms with Crippen LogP contribution >= 0.6 is 11.8 Å². The summed E-state index contributed by atoms with van der Waals surface area (Å²) in [5.74, 6) is 0.495. The maximum Gasteiger partial charge on any atom is 0.234 e. The fourth-order valence-electron chi connectivity index (χ4n) is 3.97. The highest BCUT2D eigenvalue weighted by Gasteiger charge is 2.37. The zero-order valence-electron chi connectivity index (χ0n) is 17.6. The van der Waals surface area contributed by atoms with Gasteiger partial charge in [-0.25, -0.2) is 9.38 Å². The van der Waals surface area contributed by atoms with Crippen LogP contribution in [0.5, 0.6) is 5.75 Å². The van der Waals surface area contributed by atoms with Gasteiger partial charge in [0.2, 0.25) is 5.91 Å². The summed E-state index contributed by atoms with van der Waals surface area (Å²) in [7, 11) is 1.59. The fraction of sp³-hybridized carbons (Fsp3) is 0.375. The average Bonchev–Trinajstić information content (AvgIpc) is 2.97. The molecule has 5 nitrogen and oxygen atoms in total. The zero-order chi connectivity index (χ0) is 21.7. The molecule has 1 fully saturated rings. The van der Waals surface area contributed by atoms with Crippen LogP contribution in [0.2, 0.25) is 0 Å². The van der Waals surface area contributed by atoms with Crippen LogP contribution < -0.4 is 10.1 Å². The highest BCUT2D eigenvalue weighted by molar-refractivity contribution is 8.16. The van der Waals surface area contributed by atoms with Crippen molar-refractivity contribution in [3.63, 3.8) is 0 Å². The Morgan fingerprint density at radius 3 is 2.55 bits per heavy atom. The lowest BCUT2D eigenvalue weighted by atomic mass is 10.0. The molecule has 7 heteroatoms. The Kier molecular flexibility index (Phi) is 6.70. The summed E-state index contributed by atoms with van der Waals surface area (Å²) in [6.07, 6.45) is 6.42. The molecule has 2 aromatic carbocycles. The van der Waals surface area contributed by atoms with E-state index in [9.17, 15) is 9.18 Å². The van der Waals surface area contributed by atoms with E-state index in [0.29, 0.717) is 11.4 Å². The summed E-state index contributed by atoms with van der Waals surface area (Å²) < 4.78 is 18.7. The molecule has 2 aliphatic rings. The third-order valence-electron chi connectivity index (χ3n) is 5.55. The van der Waals surface area contributed by atoms with E-state index in [1.165, 1.54) is 36.7 Å². The molecule has 1 aliphatic heterocycles. The number of halogens is 1. The van der Waals surface area contributed by atoms with Gasteiger partial charge >= 0.3 is 0 Å². The van der Waals surface area contributed by atoms with Crippen molar-refractivity contribution in [3.05, 3.63) is 59.9 Å². The lowest BCUT2D eigenvalue weighted by molar-refractivity contribution is -0.113. The summed E-state index contributed by atoms with van der Waals surface area (Å²) in [4.78, 5) is 22.6. The van der Waals surface area contributed by atoms with E-state index in [-0.39, 0.29) is 17.5 Å². The first-order valence-corrected chi connectivity index (χ1v) is 11.6. The number of nitrogens with one attached hydrogen (secondary N) is 1. The minimum atomic E-state index is -0.439. The van der Waals surface area contributed by atoms with Crippen molar-refractivity contribution in [3.8, 4) is 5.75 Å². The van der Waals surface area contributed by atoms with Gasteiger partial charge in [0.1, 0.15) is 16.6 Å². The van der Waals surface area contributed by atoms with Crippen molar-refractivity contribution in [2.45, 2.75) is 44.2 Å². The first-order chi connectivity index (χ1) is 15.1. The number of ether oxygens (including phenoxy) is 1. The average molecular weight is 440 g/mol. The number of nitrogens with zero attached hydrogens (tertiary/aromatic N) is 2. The number of aliphatic imine (C=N–C) groups is 2. The van der Waals surface area contributed by atoms with Crippen molar-refractivity contribution in [1.82, 2.24) is 0 Å². The van der Waals surface area contributed by atoms with Gasteiger partial charge in [-0.15, -0.1) is 0 Å². The summed E-state index contributed by atoms with van der Waals surface area (Å²) >= 11 is 1.39. The number of amides is 1. The van der Waals surface area contributed by atoms with E-state index in [0.717, 1.165) is 42.0 Å². The molecule has 1 N–H and O–H groups in total. The predicted octanol–water partition coefficient (Wildman–Crippen LogP) is 5.46. The van der Waals surface area contributed by atoms with Gasteiger partial charge in [0.25, 0.3) is 0 Å². The molecule has 4 rings (SSSR count). The molecule has 0 radical (unpaired) electrons. The Balaban J connectivity index is 1.50. The van der Waals surface area contributed by atoms with E-state index >= 15 is 0 Å². The van der Waals surface area contributed by atoms with Crippen LogP contribution in [0.3, 0.4) is 0 Å². The van der Waals surface area contributed by atoms with E-state index in [4.69, 9.17) is 14.7 Å². The molecule has 0 bridgehead atoms. The first-order valence-electron chi connectivity index (χ1n) is 10.6. The molecule has 1 aliphatic carbocycles. The highest BCUT2D eigenvalue weighted by Crippen LogP contribution is 2.38. The molecular weight excluding hydrogens is 413 g/mol. The fourth-order valence-corrected chi connectivity index (χ4v) is 4.84. The Labute approximate surface area is 186 Å². The molecule has 0 aromatic heterocycles. The first kappa shape index (κ1) is 21.6. The summed E-state index contributed by atoms with van der Waals surface area (Å²) in [6.45, 7) is 0. The van der Waals surface area contributed by atoms with Gasteiger partial charge in [-0.05, 0) is 62.1 Å². The van der Waals surface area contributed by atoms with E-state index in [2.05, 4.69) is 5.32 Å². The molecule has 0 unspecified atom stereocenters. The van der Waals surface area contributed by atoms with E-state index in [1.807, 2.05) is 18.2 Å². The van der Waals surface area contributed by atoms with Crippen LogP contribution in [0.25, 0.3) is 0 Å². The van der Waals surface area contributed by atoms with Crippen LogP contribution in [-0.2, 0) is 4.79 Å². The van der Waals surface area contributed by atoms with Crippen molar-refractivity contribution in [2.75, 3.05) is 18.2 Å². The molecule has 1 spiro atoms. The highest BCUT2D eigenvalue weighted by atomic mass is 32.2. The minimum Gasteiger partial charge on any atom is -0.497 e. The molecule has 162 valence electrons. The normalized spacial score (nSPS) is 17.6. The van der Waals surface area contributed by atoms with Crippen molar-refractivity contribution in [2.24, 2.45) is 9.98 Å². The number of rotatable bonds is 5. The van der Waals surface area contributed by atoms with Crippen LogP contribution in [-0.4, -0.2) is 35.2 Å². The number of hydrogen-bond acceptors (Lipinski definition) is 5.